The van der Waals surface area contributed by atoms with E-state index in [0.29, 0.717) is 10.6 Å². The Bertz CT molecular complexity index is 337. The molecule has 0 aromatic heterocycles. The second-order valence-electron chi connectivity index (χ2n) is 3.05. The summed E-state index contributed by atoms with van der Waals surface area (Å²) in [6.45, 7) is 0.910. The molecule has 1 nitrogen and oxygen atoms in total. The van der Waals surface area contributed by atoms with E-state index >= 15 is 0 Å². The van der Waals surface area contributed by atoms with Gasteiger partial charge in [0.15, 0.2) is 0 Å². The molecule has 1 N–H and O–H groups in total. The number of nitrogens with one attached hydrogen (secondary N) is 1. The van der Waals surface area contributed by atoms with E-state index in [4.69, 9.17) is 23.2 Å². The van der Waals surface area contributed by atoms with Crippen LogP contribution in [0.1, 0.15) is 18.0 Å². The molecular weight excluding hydrogens is 212 g/mol. The van der Waals surface area contributed by atoms with Crippen LogP contribution in [0.2, 0.25) is 10.0 Å². The van der Waals surface area contributed by atoms with Gasteiger partial charge < -0.3 is 5.32 Å². The third-order valence-electron chi connectivity index (χ3n) is 2.25. The molecule has 13 heavy (non-hydrogen) atoms. The molecule has 1 heterocycles. The lowest BCUT2D eigenvalue weighted by molar-refractivity contribution is 0.370. The van der Waals surface area contributed by atoms with Gasteiger partial charge in [0.2, 0.25) is 0 Å². The van der Waals surface area contributed by atoms with Gasteiger partial charge in [-0.3, -0.25) is 0 Å². The summed E-state index contributed by atoms with van der Waals surface area (Å²) in [7, 11) is 0. The van der Waals surface area contributed by atoms with Crippen molar-refractivity contribution in [1.29, 1.82) is 0 Å². The van der Waals surface area contributed by atoms with Crippen LogP contribution in [0.4, 0.5) is 4.39 Å². The van der Waals surface area contributed by atoms with Crippen LogP contribution in [0.3, 0.4) is 0 Å². The van der Waals surface area contributed by atoms with Crippen molar-refractivity contribution in [3.05, 3.63) is 33.6 Å². The Morgan fingerprint density at radius 1 is 1.31 bits per heavy atom. The van der Waals surface area contributed by atoms with Crippen molar-refractivity contribution in [3.8, 4) is 0 Å². The second kappa shape index (κ2) is 3.45. The van der Waals surface area contributed by atoms with E-state index in [0.717, 1.165) is 13.0 Å². The molecule has 0 spiro atoms. The van der Waals surface area contributed by atoms with Gasteiger partial charge in [0.05, 0.1) is 5.02 Å². The first-order chi connectivity index (χ1) is 6.20. The zero-order valence-electron chi connectivity index (χ0n) is 6.78. The van der Waals surface area contributed by atoms with Crippen LogP contribution < -0.4 is 5.32 Å². The smallest absolute Gasteiger partial charge is 0.148 e. The number of hydrogen-bond acceptors (Lipinski definition) is 1. The molecule has 4 heteroatoms. The fourth-order valence-corrected chi connectivity index (χ4v) is 1.84. The van der Waals surface area contributed by atoms with E-state index in [2.05, 4.69) is 5.32 Å². The molecule has 1 aliphatic heterocycles. The zero-order chi connectivity index (χ0) is 9.42. The summed E-state index contributed by atoms with van der Waals surface area (Å²) in [6.07, 6.45) is 0.914. The molecule has 1 aromatic rings. The summed E-state index contributed by atoms with van der Waals surface area (Å²) in [4.78, 5) is 0. The minimum Gasteiger partial charge on any atom is -0.310 e. The van der Waals surface area contributed by atoms with Crippen LogP contribution >= 0.6 is 23.2 Å². The summed E-state index contributed by atoms with van der Waals surface area (Å²) in [6, 6.07) is 3.13. The van der Waals surface area contributed by atoms with Gasteiger partial charge >= 0.3 is 0 Å². The first-order valence-corrected chi connectivity index (χ1v) is 4.82. The summed E-state index contributed by atoms with van der Waals surface area (Å²) in [5, 5.41) is 3.66. The molecule has 1 fully saturated rings. The van der Waals surface area contributed by atoms with Crippen LogP contribution in [0, 0.1) is 5.82 Å². The van der Waals surface area contributed by atoms with E-state index in [1.165, 1.54) is 6.07 Å². The van der Waals surface area contributed by atoms with Gasteiger partial charge in [-0.05, 0) is 25.1 Å². The third kappa shape index (κ3) is 1.54. The molecule has 0 saturated carbocycles. The van der Waals surface area contributed by atoms with Crippen molar-refractivity contribution in [1.82, 2.24) is 5.32 Å². The van der Waals surface area contributed by atoms with Crippen molar-refractivity contribution in [2.75, 3.05) is 6.54 Å². The molecule has 0 amide bonds. The molecule has 1 saturated heterocycles. The highest BCUT2D eigenvalue weighted by Gasteiger charge is 2.25. The van der Waals surface area contributed by atoms with Crippen molar-refractivity contribution < 1.29 is 4.39 Å². The summed E-state index contributed by atoms with van der Waals surface area (Å²) in [5.74, 6) is -0.397. The minimum absolute atomic E-state index is 0.0335. The lowest BCUT2D eigenvalue weighted by atomic mass is 9.97. The van der Waals surface area contributed by atoms with Crippen molar-refractivity contribution >= 4 is 23.2 Å². The standard InChI is InChI=1S/C9H8Cl2FN/c10-5-1-2-6(11)9(12)8(5)7-3-4-13-7/h1-2,7,13H,3-4H2. The summed E-state index contributed by atoms with van der Waals surface area (Å²) >= 11 is 11.5. The number of rotatable bonds is 1. The van der Waals surface area contributed by atoms with Gasteiger partial charge in [0.1, 0.15) is 5.82 Å². The van der Waals surface area contributed by atoms with Crippen LogP contribution in [0.5, 0.6) is 0 Å². The molecule has 1 aromatic carbocycles. The number of halogens is 3. The van der Waals surface area contributed by atoms with Crippen molar-refractivity contribution in [2.24, 2.45) is 0 Å². The van der Waals surface area contributed by atoms with E-state index in [9.17, 15) is 4.39 Å². The Labute approximate surface area is 85.8 Å². The lowest BCUT2D eigenvalue weighted by Gasteiger charge is -2.29. The maximum absolute atomic E-state index is 13.5. The average Bonchev–Trinajstić information content (AvgIpc) is 2.02. The molecule has 1 aliphatic rings. The highest BCUT2D eigenvalue weighted by molar-refractivity contribution is 6.33. The van der Waals surface area contributed by atoms with Gasteiger partial charge in [0.25, 0.3) is 0 Å². The first-order valence-electron chi connectivity index (χ1n) is 4.07. The molecular formula is C9H8Cl2FN. The van der Waals surface area contributed by atoms with E-state index in [1.54, 1.807) is 6.07 Å². The molecule has 0 bridgehead atoms. The quantitative estimate of drug-likeness (QED) is 0.716. The lowest BCUT2D eigenvalue weighted by Crippen LogP contribution is -2.35. The molecule has 0 radical (unpaired) electrons. The normalized spacial score (nSPS) is 21.3. The second-order valence-corrected chi connectivity index (χ2v) is 3.87. The summed E-state index contributed by atoms with van der Waals surface area (Å²) < 4.78 is 13.5. The minimum atomic E-state index is -0.397. The Morgan fingerprint density at radius 3 is 2.46 bits per heavy atom. The Hall–Kier alpha value is -0.310. The molecule has 2 rings (SSSR count). The van der Waals surface area contributed by atoms with E-state index in [-0.39, 0.29) is 11.1 Å². The molecule has 0 aliphatic carbocycles. The van der Waals surface area contributed by atoms with Crippen LogP contribution in [0.15, 0.2) is 12.1 Å². The van der Waals surface area contributed by atoms with E-state index < -0.39 is 5.82 Å². The number of benzene rings is 1. The third-order valence-corrected chi connectivity index (χ3v) is 2.87. The average molecular weight is 220 g/mol. The maximum Gasteiger partial charge on any atom is 0.148 e. The topological polar surface area (TPSA) is 12.0 Å². The van der Waals surface area contributed by atoms with Crippen molar-refractivity contribution in [3.63, 3.8) is 0 Å². The van der Waals surface area contributed by atoms with Crippen LogP contribution in [-0.4, -0.2) is 6.54 Å². The fourth-order valence-electron chi connectivity index (χ4n) is 1.40. The van der Waals surface area contributed by atoms with Gasteiger partial charge in [-0.1, -0.05) is 23.2 Å². The fraction of sp³-hybridized carbons (Fsp3) is 0.333. The highest BCUT2D eigenvalue weighted by Crippen LogP contribution is 2.34. The van der Waals surface area contributed by atoms with Gasteiger partial charge in [0, 0.05) is 16.6 Å². The predicted octanol–water partition coefficient (Wildman–Crippen LogP) is 3.17. The van der Waals surface area contributed by atoms with Crippen LogP contribution in [-0.2, 0) is 0 Å². The molecule has 1 unspecified atom stereocenters. The number of hydrogen-bond donors (Lipinski definition) is 1. The first kappa shape index (κ1) is 9.25. The van der Waals surface area contributed by atoms with Crippen LogP contribution in [0.25, 0.3) is 0 Å². The Morgan fingerprint density at radius 2 is 1.92 bits per heavy atom. The van der Waals surface area contributed by atoms with Crippen molar-refractivity contribution in [2.45, 2.75) is 12.5 Å². The molecule has 70 valence electrons. The van der Waals surface area contributed by atoms with Gasteiger partial charge in [-0.2, -0.15) is 0 Å². The molecule has 1 atom stereocenters. The largest absolute Gasteiger partial charge is 0.310 e. The Kier molecular flexibility index (Phi) is 2.45. The highest BCUT2D eigenvalue weighted by atomic mass is 35.5. The Balaban J connectivity index is 2.46. The van der Waals surface area contributed by atoms with E-state index in [1.807, 2.05) is 0 Å². The predicted molar refractivity (Wildman–Crippen MR) is 51.8 cm³/mol. The monoisotopic (exact) mass is 219 g/mol. The SMILES string of the molecule is Fc1c(Cl)ccc(Cl)c1C1CCN1. The maximum atomic E-state index is 13.5. The van der Waals surface area contributed by atoms with Gasteiger partial charge in [-0.15, -0.1) is 0 Å². The zero-order valence-corrected chi connectivity index (χ0v) is 8.29. The summed E-state index contributed by atoms with van der Waals surface area (Å²) in [5.41, 5.74) is 0.500. The van der Waals surface area contributed by atoms with Gasteiger partial charge in [-0.25, -0.2) is 4.39 Å².